The van der Waals surface area contributed by atoms with Crippen LogP contribution in [0.25, 0.3) is 5.76 Å². The number of carbonyl (C=O) groups excluding carboxylic acids is 2. The van der Waals surface area contributed by atoms with Gasteiger partial charge >= 0.3 is 0 Å². The Morgan fingerprint density at radius 3 is 2.24 bits per heavy atom. The van der Waals surface area contributed by atoms with Gasteiger partial charge in [0.15, 0.2) is 0 Å². The van der Waals surface area contributed by atoms with Gasteiger partial charge in [0.05, 0.1) is 25.3 Å². The van der Waals surface area contributed by atoms with E-state index in [-0.39, 0.29) is 16.7 Å². The number of amides is 1. The number of ketones is 1. The number of aliphatic hydroxyl groups excluding tert-OH is 1. The summed E-state index contributed by atoms with van der Waals surface area (Å²) in [7, 11) is 1.58. The van der Waals surface area contributed by atoms with Crippen LogP contribution in [0.2, 0.25) is 0 Å². The highest BCUT2D eigenvalue weighted by molar-refractivity contribution is 6.51. The summed E-state index contributed by atoms with van der Waals surface area (Å²) in [6.07, 6.45) is 0. The number of nitrogens with zero attached hydrogens (tertiary/aromatic N) is 1. The lowest BCUT2D eigenvalue weighted by Gasteiger charge is -2.27. The van der Waals surface area contributed by atoms with E-state index in [1.807, 2.05) is 63.2 Å². The summed E-state index contributed by atoms with van der Waals surface area (Å²) in [6.45, 7) is 12.5. The van der Waals surface area contributed by atoms with Crippen LogP contribution >= 0.6 is 0 Å². The van der Waals surface area contributed by atoms with Crippen molar-refractivity contribution < 1.29 is 24.2 Å². The van der Waals surface area contributed by atoms with Crippen molar-refractivity contribution in [3.8, 4) is 11.5 Å². The molecule has 0 saturated carbocycles. The number of methoxy groups -OCH3 is 1. The Morgan fingerprint density at radius 2 is 1.66 bits per heavy atom. The van der Waals surface area contributed by atoms with E-state index in [0.29, 0.717) is 29.2 Å². The van der Waals surface area contributed by atoms with Gasteiger partial charge in [-0.2, -0.15) is 0 Å². The minimum atomic E-state index is -0.813. The fourth-order valence-electron chi connectivity index (χ4n) is 4.96. The van der Waals surface area contributed by atoms with Crippen LogP contribution in [0, 0.1) is 13.8 Å². The molecule has 0 aromatic heterocycles. The van der Waals surface area contributed by atoms with E-state index in [1.54, 1.807) is 25.3 Å². The van der Waals surface area contributed by atoms with E-state index in [9.17, 15) is 14.7 Å². The molecule has 0 radical (unpaired) electrons. The van der Waals surface area contributed by atoms with Gasteiger partial charge in [0, 0.05) is 16.8 Å². The molecular formula is C32H35NO5. The molecule has 1 aliphatic rings. The highest BCUT2D eigenvalue weighted by atomic mass is 16.5. The Morgan fingerprint density at radius 1 is 0.974 bits per heavy atom. The fraction of sp³-hybridized carbons (Fsp3) is 0.312. The number of Topliss-reactive ketones (excluding diaryl/α,β-unsaturated/α-hetero) is 1. The molecule has 1 aliphatic heterocycles. The van der Waals surface area contributed by atoms with Crippen LogP contribution in [-0.2, 0) is 15.0 Å². The van der Waals surface area contributed by atoms with Crippen LogP contribution in [0.5, 0.6) is 11.5 Å². The van der Waals surface area contributed by atoms with Gasteiger partial charge in [-0.1, -0.05) is 50.6 Å². The quantitative estimate of drug-likeness (QED) is 0.227. The van der Waals surface area contributed by atoms with Crippen molar-refractivity contribution in [2.45, 2.75) is 53.0 Å². The average molecular weight is 514 g/mol. The molecule has 4 rings (SSSR count). The van der Waals surface area contributed by atoms with Crippen LogP contribution in [0.15, 0.2) is 66.2 Å². The van der Waals surface area contributed by atoms with Gasteiger partial charge in [0.2, 0.25) is 0 Å². The van der Waals surface area contributed by atoms with Crippen molar-refractivity contribution in [1.29, 1.82) is 0 Å². The van der Waals surface area contributed by atoms with E-state index < -0.39 is 17.7 Å². The molecule has 6 nitrogen and oxygen atoms in total. The second-order valence-corrected chi connectivity index (χ2v) is 10.6. The fourth-order valence-corrected chi connectivity index (χ4v) is 4.96. The summed E-state index contributed by atoms with van der Waals surface area (Å²) in [5, 5.41) is 11.6. The number of rotatable bonds is 6. The molecule has 0 bridgehead atoms. The Balaban J connectivity index is 1.96. The zero-order valence-corrected chi connectivity index (χ0v) is 23.1. The van der Waals surface area contributed by atoms with Crippen LogP contribution in [0.3, 0.4) is 0 Å². The molecule has 1 saturated heterocycles. The van der Waals surface area contributed by atoms with Gasteiger partial charge in [-0.05, 0) is 73.7 Å². The first-order chi connectivity index (χ1) is 18.0. The van der Waals surface area contributed by atoms with Crippen LogP contribution < -0.4 is 14.4 Å². The van der Waals surface area contributed by atoms with Crippen molar-refractivity contribution >= 4 is 23.1 Å². The largest absolute Gasteiger partial charge is 0.507 e. The molecule has 198 valence electrons. The zero-order valence-electron chi connectivity index (χ0n) is 23.1. The summed E-state index contributed by atoms with van der Waals surface area (Å²) in [6, 6.07) is 17.5. The predicted molar refractivity (Wildman–Crippen MR) is 150 cm³/mol. The van der Waals surface area contributed by atoms with E-state index in [2.05, 4.69) is 20.8 Å². The Bertz CT molecular complexity index is 1410. The molecule has 1 fully saturated rings. The first-order valence-electron chi connectivity index (χ1n) is 12.8. The number of aliphatic hydroxyl groups is 1. The highest BCUT2D eigenvalue weighted by Crippen LogP contribution is 2.44. The Hall–Kier alpha value is -4.06. The average Bonchev–Trinajstić information content (AvgIpc) is 3.13. The topological polar surface area (TPSA) is 76.1 Å². The second kappa shape index (κ2) is 10.4. The third kappa shape index (κ3) is 4.91. The minimum Gasteiger partial charge on any atom is -0.507 e. The smallest absolute Gasteiger partial charge is 0.300 e. The maximum absolute atomic E-state index is 13.6. The van der Waals surface area contributed by atoms with Gasteiger partial charge in [-0.15, -0.1) is 0 Å². The van der Waals surface area contributed by atoms with Crippen molar-refractivity contribution in [3.63, 3.8) is 0 Å². The van der Waals surface area contributed by atoms with Crippen LogP contribution in [0.1, 0.15) is 61.6 Å². The number of hydrogen-bond acceptors (Lipinski definition) is 5. The van der Waals surface area contributed by atoms with Crippen molar-refractivity contribution in [2.24, 2.45) is 0 Å². The van der Waals surface area contributed by atoms with Gasteiger partial charge in [0.1, 0.15) is 17.3 Å². The summed E-state index contributed by atoms with van der Waals surface area (Å²) < 4.78 is 11.1. The van der Waals surface area contributed by atoms with E-state index in [4.69, 9.17) is 9.47 Å². The second-order valence-electron chi connectivity index (χ2n) is 10.6. The highest BCUT2D eigenvalue weighted by Gasteiger charge is 2.47. The van der Waals surface area contributed by atoms with Gasteiger partial charge in [-0.3, -0.25) is 14.5 Å². The third-order valence-electron chi connectivity index (χ3n) is 6.85. The number of hydrogen-bond donors (Lipinski definition) is 1. The molecule has 1 N–H and O–H groups in total. The van der Waals surface area contributed by atoms with E-state index in [1.165, 1.54) is 4.90 Å². The summed E-state index contributed by atoms with van der Waals surface area (Å²) in [5.74, 6) is -0.252. The van der Waals surface area contributed by atoms with E-state index in [0.717, 1.165) is 22.4 Å². The Labute approximate surface area is 224 Å². The van der Waals surface area contributed by atoms with Gasteiger partial charge < -0.3 is 14.6 Å². The Kier molecular flexibility index (Phi) is 7.36. The molecule has 3 aromatic carbocycles. The first-order valence-corrected chi connectivity index (χ1v) is 12.8. The normalized spacial score (nSPS) is 17.1. The lowest BCUT2D eigenvalue weighted by molar-refractivity contribution is -0.132. The monoisotopic (exact) mass is 513 g/mol. The first kappa shape index (κ1) is 27.0. The van der Waals surface area contributed by atoms with Crippen molar-refractivity contribution in [1.82, 2.24) is 0 Å². The van der Waals surface area contributed by atoms with Crippen molar-refractivity contribution in [3.05, 3.63) is 94.1 Å². The zero-order chi connectivity index (χ0) is 27.8. The third-order valence-corrected chi connectivity index (χ3v) is 6.85. The number of ether oxygens (including phenoxy) is 2. The summed E-state index contributed by atoms with van der Waals surface area (Å²) >= 11 is 0. The van der Waals surface area contributed by atoms with E-state index >= 15 is 0 Å². The SMILES string of the molecule is CCOc1ccc(/C(O)=C2/C(=O)C(=O)N(c3ccc(C)cc3C)C2c2ccc(OC)cc2)cc1C(C)(C)C. The van der Waals surface area contributed by atoms with Crippen LogP contribution in [0.4, 0.5) is 5.69 Å². The maximum atomic E-state index is 13.6. The van der Waals surface area contributed by atoms with Gasteiger partial charge in [0.25, 0.3) is 11.7 Å². The molecule has 1 atom stereocenters. The summed E-state index contributed by atoms with van der Waals surface area (Å²) in [4.78, 5) is 28.6. The predicted octanol–water partition coefficient (Wildman–Crippen LogP) is 6.63. The number of anilines is 1. The summed E-state index contributed by atoms with van der Waals surface area (Å²) in [5.41, 5.74) is 4.34. The number of benzene rings is 3. The standard InChI is InChI=1S/C32H35NO5/c1-8-38-26-16-12-22(18-24(26)32(4,5)6)29(34)27-28(21-10-13-23(37-7)14-11-21)33(31(36)30(27)35)25-15-9-19(2)17-20(25)3/h9-18,28,34H,8H2,1-7H3/b29-27-. The number of carbonyl (C=O) groups is 2. The molecule has 38 heavy (non-hydrogen) atoms. The van der Waals surface area contributed by atoms with Gasteiger partial charge in [-0.25, -0.2) is 0 Å². The molecule has 1 amide bonds. The molecule has 6 heteroatoms. The minimum absolute atomic E-state index is 0.0455. The molecule has 3 aromatic rings. The van der Waals surface area contributed by atoms with Crippen molar-refractivity contribution in [2.75, 3.05) is 18.6 Å². The molecular weight excluding hydrogens is 478 g/mol. The lowest BCUT2D eigenvalue weighted by Crippen LogP contribution is -2.30. The molecule has 1 unspecified atom stereocenters. The maximum Gasteiger partial charge on any atom is 0.300 e. The molecule has 0 aliphatic carbocycles. The molecule has 0 spiro atoms. The van der Waals surface area contributed by atoms with Crippen LogP contribution in [-0.4, -0.2) is 30.5 Å². The molecule has 1 heterocycles. The number of aryl methyl sites for hydroxylation is 2. The lowest BCUT2D eigenvalue weighted by atomic mass is 9.84.